The maximum absolute atomic E-state index is 12.7. The van der Waals surface area contributed by atoms with Crippen LogP contribution >= 0.6 is 0 Å². The Balaban J connectivity index is 2.02. The fraction of sp³-hybridized carbons (Fsp3) is 0.733. The van der Waals surface area contributed by atoms with Crippen molar-refractivity contribution >= 4 is 11.8 Å². The number of ether oxygens (including phenoxy) is 3. The van der Waals surface area contributed by atoms with Gasteiger partial charge in [-0.2, -0.15) is 0 Å². The number of ketones is 1. The summed E-state index contributed by atoms with van der Waals surface area (Å²) >= 11 is 0. The number of rotatable bonds is 0. The van der Waals surface area contributed by atoms with Gasteiger partial charge in [0.2, 0.25) is 6.29 Å². The molecule has 0 aromatic heterocycles. The fourth-order valence-electron chi connectivity index (χ4n) is 4.60. The van der Waals surface area contributed by atoms with Crippen LogP contribution in [0.2, 0.25) is 0 Å². The van der Waals surface area contributed by atoms with Crippen LogP contribution in [0.1, 0.15) is 20.3 Å². The van der Waals surface area contributed by atoms with Gasteiger partial charge in [0.05, 0.1) is 18.4 Å². The lowest BCUT2D eigenvalue weighted by molar-refractivity contribution is -0.305. The van der Waals surface area contributed by atoms with E-state index in [-0.39, 0.29) is 12.4 Å². The summed E-state index contributed by atoms with van der Waals surface area (Å²) in [6.45, 7) is 3.38. The number of aliphatic hydroxyl groups is 1. The summed E-state index contributed by atoms with van der Waals surface area (Å²) in [6.07, 6.45) is 4.13. The van der Waals surface area contributed by atoms with Crippen molar-refractivity contribution < 1.29 is 28.9 Å². The Labute approximate surface area is 121 Å². The van der Waals surface area contributed by atoms with Crippen LogP contribution < -0.4 is 0 Å². The van der Waals surface area contributed by atoms with Crippen molar-refractivity contribution in [3.05, 3.63) is 0 Å². The molecule has 3 saturated heterocycles. The van der Waals surface area contributed by atoms with Gasteiger partial charge in [-0.25, -0.2) is 0 Å². The van der Waals surface area contributed by atoms with E-state index in [1.807, 2.05) is 6.92 Å². The Bertz CT molecular complexity index is 604. The topological polar surface area (TPSA) is 82.1 Å². The lowest BCUT2D eigenvalue weighted by atomic mass is 9.49. The van der Waals surface area contributed by atoms with Crippen molar-refractivity contribution in [2.24, 2.45) is 17.3 Å². The van der Waals surface area contributed by atoms with E-state index in [2.05, 4.69) is 5.92 Å². The molecule has 0 unspecified atom stereocenters. The summed E-state index contributed by atoms with van der Waals surface area (Å²) in [5.41, 5.74) is -3.89. The zero-order valence-corrected chi connectivity index (χ0v) is 11.8. The number of esters is 1. The standard InChI is InChI=1S/C15H16O6/c1-4-15-10-9(16)12(21-15)19-6-7-11(17)20-8(14(15,3)18)5-13(7,10)2/h1,7-8,10,12,18H,5-6H2,2-3H3/t7-,8+,10-,12+,13+,14-,15-/m0/s1. The normalized spacial score (nSPS) is 57.6. The van der Waals surface area contributed by atoms with Crippen molar-refractivity contribution in [1.29, 1.82) is 0 Å². The minimum absolute atomic E-state index is 0.0672. The first-order valence-electron chi connectivity index (χ1n) is 7.02. The number of hydrogen-bond acceptors (Lipinski definition) is 6. The monoisotopic (exact) mass is 292 g/mol. The molecule has 21 heavy (non-hydrogen) atoms. The van der Waals surface area contributed by atoms with E-state index in [4.69, 9.17) is 20.6 Å². The highest BCUT2D eigenvalue weighted by Gasteiger charge is 2.78. The van der Waals surface area contributed by atoms with E-state index in [0.717, 1.165) is 0 Å². The van der Waals surface area contributed by atoms with Crippen molar-refractivity contribution in [1.82, 2.24) is 0 Å². The van der Waals surface area contributed by atoms with E-state index in [0.29, 0.717) is 6.42 Å². The molecule has 4 bridgehead atoms. The fourth-order valence-corrected chi connectivity index (χ4v) is 4.60. The van der Waals surface area contributed by atoms with Gasteiger partial charge in [-0.3, -0.25) is 9.59 Å². The van der Waals surface area contributed by atoms with Gasteiger partial charge in [0.15, 0.2) is 11.4 Å². The lowest BCUT2D eigenvalue weighted by Gasteiger charge is -2.60. The Morgan fingerprint density at radius 3 is 2.76 bits per heavy atom. The maximum atomic E-state index is 12.7. The van der Waals surface area contributed by atoms with Crippen LogP contribution in [0.3, 0.4) is 0 Å². The molecule has 0 aromatic carbocycles. The first kappa shape index (κ1) is 13.3. The molecule has 4 aliphatic rings. The zero-order chi connectivity index (χ0) is 15.2. The van der Waals surface area contributed by atoms with Crippen LogP contribution in [0.5, 0.6) is 0 Å². The van der Waals surface area contributed by atoms with Crippen LogP contribution in [0.15, 0.2) is 0 Å². The van der Waals surface area contributed by atoms with Gasteiger partial charge in [-0.05, 0) is 13.3 Å². The number of Topliss-reactive ketones (excluding diaryl/α,β-unsaturated/α-hetero) is 1. The molecule has 1 N–H and O–H groups in total. The molecule has 0 radical (unpaired) electrons. The van der Waals surface area contributed by atoms with E-state index >= 15 is 0 Å². The molecule has 112 valence electrons. The second kappa shape index (κ2) is 3.49. The number of hydrogen-bond donors (Lipinski definition) is 1. The smallest absolute Gasteiger partial charge is 0.312 e. The third kappa shape index (κ3) is 1.19. The third-order valence-electron chi connectivity index (χ3n) is 5.85. The van der Waals surface area contributed by atoms with Gasteiger partial charge in [-0.15, -0.1) is 6.42 Å². The Hall–Kier alpha value is -1.42. The molecule has 6 nitrogen and oxygen atoms in total. The first-order valence-corrected chi connectivity index (χ1v) is 7.02. The summed E-state index contributed by atoms with van der Waals surface area (Å²) in [4.78, 5) is 24.9. The average molecular weight is 292 g/mol. The zero-order valence-electron chi connectivity index (χ0n) is 11.8. The average Bonchev–Trinajstić information content (AvgIpc) is 2.64. The summed E-state index contributed by atoms with van der Waals surface area (Å²) in [7, 11) is 0. The number of terminal acetylenes is 1. The van der Waals surface area contributed by atoms with Gasteiger partial charge >= 0.3 is 5.97 Å². The SMILES string of the molecule is C#C[C@]12O[C@H]3OC[C@H]4C(=O)O[C@H](C[C@@]4(C)[C@@H]1C3=O)[C@]2(C)O. The van der Waals surface area contributed by atoms with Gasteiger partial charge in [0.25, 0.3) is 0 Å². The van der Waals surface area contributed by atoms with Gasteiger partial charge in [0, 0.05) is 5.41 Å². The molecular weight excluding hydrogens is 276 g/mol. The van der Waals surface area contributed by atoms with E-state index in [1.54, 1.807) is 0 Å². The Morgan fingerprint density at radius 2 is 2.10 bits per heavy atom. The van der Waals surface area contributed by atoms with Crippen LogP contribution in [-0.2, 0) is 23.8 Å². The van der Waals surface area contributed by atoms with E-state index in [1.165, 1.54) is 6.92 Å². The van der Waals surface area contributed by atoms with Crippen molar-refractivity contribution in [2.75, 3.05) is 6.61 Å². The quantitative estimate of drug-likeness (QED) is 0.485. The number of carbonyl (C=O) groups excluding carboxylic acids is 2. The second-order valence-electron chi connectivity index (χ2n) is 6.83. The van der Waals surface area contributed by atoms with Crippen LogP contribution in [0, 0.1) is 29.6 Å². The highest BCUT2D eigenvalue weighted by molar-refractivity contribution is 5.92. The molecule has 6 heteroatoms. The van der Waals surface area contributed by atoms with Crippen molar-refractivity contribution in [3.8, 4) is 12.3 Å². The number of carbonyl (C=O) groups is 2. The predicted octanol–water partition coefficient (Wildman–Crippen LogP) is -0.367. The summed E-state index contributed by atoms with van der Waals surface area (Å²) in [5, 5.41) is 10.9. The van der Waals surface area contributed by atoms with Crippen LogP contribution in [0.4, 0.5) is 0 Å². The highest BCUT2D eigenvalue weighted by atomic mass is 16.7. The van der Waals surface area contributed by atoms with Crippen molar-refractivity contribution in [3.63, 3.8) is 0 Å². The maximum Gasteiger partial charge on any atom is 0.312 e. The molecule has 1 saturated carbocycles. The van der Waals surface area contributed by atoms with Gasteiger partial charge in [-0.1, -0.05) is 12.8 Å². The van der Waals surface area contributed by atoms with Gasteiger partial charge < -0.3 is 19.3 Å². The minimum Gasteiger partial charge on any atom is -0.459 e. The molecule has 0 amide bonds. The molecule has 4 rings (SSSR count). The largest absolute Gasteiger partial charge is 0.459 e. The Kier molecular flexibility index (Phi) is 2.20. The van der Waals surface area contributed by atoms with Crippen LogP contribution in [-0.4, -0.2) is 47.1 Å². The molecule has 1 aliphatic carbocycles. The minimum atomic E-state index is -1.64. The molecule has 0 aromatic rings. The Morgan fingerprint density at radius 1 is 1.38 bits per heavy atom. The molecule has 0 spiro atoms. The number of fused-ring (bicyclic) bond motifs is 2. The van der Waals surface area contributed by atoms with E-state index in [9.17, 15) is 14.7 Å². The molecule has 3 aliphatic heterocycles. The van der Waals surface area contributed by atoms with Gasteiger partial charge in [0.1, 0.15) is 11.7 Å². The third-order valence-corrected chi connectivity index (χ3v) is 5.85. The van der Waals surface area contributed by atoms with Crippen LogP contribution in [0.25, 0.3) is 0 Å². The molecule has 4 fully saturated rings. The highest BCUT2D eigenvalue weighted by Crippen LogP contribution is 2.63. The van der Waals surface area contributed by atoms with E-state index < -0.39 is 46.8 Å². The van der Waals surface area contributed by atoms with Crippen molar-refractivity contribution in [2.45, 2.75) is 43.9 Å². The summed E-state index contributed by atoms with van der Waals surface area (Å²) < 4.78 is 16.5. The summed E-state index contributed by atoms with van der Waals surface area (Å²) in [6, 6.07) is 0. The predicted molar refractivity (Wildman–Crippen MR) is 67.6 cm³/mol. The first-order chi connectivity index (χ1) is 9.78. The second-order valence-corrected chi connectivity index (χ2v) is 6.83. The molecule has 3 heterocycles. The molecular formula is C15H16O6. The summed E-state index contributed by atoms with van der Waals surface area (Å²) in [5.74, 6) is 0.418. The molecule has 7 atom stereocenters. The lowest BCUT2D eigenvalue weighted by Crippen LogP contribution is -2.74.